The molecule has 5 nitrogen and oxygen atoms in total. The Bertz CT molecular complexity index is 596. The van der Waals surface area contributed by atoms with Crippen molar-refractivity contribution >= 4 is 11.6 Å². The van der Waals surface area contributed by atoms with Crippen LogP contribution in [-0.2, 0) is 9.53 Å². The lowest BCUT2D eigenvalue weighted by atomic mass is 9.84. The summed E-state index contributed by atoms with van der Waals surface area (Å²) in [4.78, 5) is 15.2. The molecule has 0 radical (unpaired) electrons. The maximum Gasteiger partial charge on any atom is 0.256 e. The molecule has 1 aliphatic carbocycles. The van der Waals surface area contributed by atoms with E-state index in [1.165, 1.54) is 32.4 Å². The molecule has 1 saturated carbocycles. The molecule has 1 heterocycles. The molecular formula is C22H34N2O3. The molecule has 1 aromatic rings. The largest absolute Gasteiger partial charge is 0.492 e. The van der Waals surface area contributed by atoms with Crippen molar-refractivity contribution in [1.29, 1.82) is 0 Å². The van der Waals surface area contributed by atoms with Crippen molar-refractivity contribution in [2.45, 2.75) is 57.5 Å². The smallest absolute Gasteiger partial charge is 0.256 e. The van der Waals surface area contributed by atoms with Crippen molar-refractivity contribution in [3.63, 3.8) is 0 Å². The average Bonchev–Trinajstić information content (AvgIpc) is 2.70. The van der Waals surface area contributed by atoms with Crippen molar-refractivity contribution in [3.05, 3.63) is 24.3 Å². The van der Waals surface area contributed by atoms with Crippen molar-refractivity contribution < 1.29 is 14.3 Å². The zero-order chi connectivity index (χ0) is 19.1. The van der Waals surface area contributed by atoms with Gasteiger partial charge in [0.25, 0.3) is 5.91 Å². The Labute approximate surface area is 163 Å². The van der Waals surface area contributed by atoms with E-state index in [0.29, 0.717) is 6.61 Å². The molecule has 1 aromatic carbocycles. The predicted octanol–water partition coefficient (Wildman–Crippen LogP) is 4.09. The number of carbonyl (C=O) groups is 1. The number of hydrogen-bond acceptors (Lipinski definition) is 4. The Morgan fingerprint density at radius 2 is 1.93 bits per heavy atom. The average molecular weight is 375 g/mol. The third-order valence-electron chi connectivity index (χ3n) is 6.00. The molecule has 0 bridgehead atoms. The van der Waals surface area contributed by atoms with Crippen LogP contribution in [0.1, 0.15) is 51.9 Å². The number of hydrogen-bond donors (Lipinski definition) is 1. The number of amides is 1. The van der Waals surface area contributed by atoms with Crippen LogP contribution in [0.5, 0.6) is 5.75 Å². The van der Waals surface area contributed by atoms with Crippen LogP contribution in [0.4, 0.5) is 5.69 Å². The van der Waals surface area contributed by atoms with Crippen LogP contribution >= 0.6 is 0 Å². The number of anilines is 1. The standard InChI is InChI=1S/C22H34N2O3/c1-18-7-6-14-24(17-18)15-16-27-20-10-8-19(9-11-20)23-21(25)22(26-2)12-4-3-5-13-22/h8-11,18H,3-7,12-17H2,1-2H3,(H,23,25). The van der Waals surface area contributed by atoms with Gasteiger partial charge in [-0.25, -0.2) is 0 Å². The van der Waals surface area contributed by atoms with Crippen LogP contribution in [0.3, 0.4) is 0 Å². The molecule has 27 heavy (non-hydrogen) atoms. The van der Waals surface area contributed by atoms with Crippen molar-refractivity contribution in [3.8, 4) is 5.75 Å². The van der Waals surface area contributed by atoms with E-state index in [1.54, 1.807) is 7.11 Å². The second-order valence-electron chi connectivity index (χ2n) is 8.13. The second kappa shape index (κ2) is 9.56. The number of nitrogens with one attached hydrogen (secondary N) is 1. The first-order valence-electron chi connectivity index (χ1n) is 10.4. The molecular weight excluding hydrogens is 340 g/mol. The van der Waals surface area contributed by atoms with Crippen LogP contribution in [0.15, 0.2) is 24.3 Å². The van der Waals surface area contributed by atoms with E-state index in [4.69, 9.17) is 9.47 Å². The molecule has 1 atom stereocenters. The normalized spacial score (nSPS) is 23.0. The minimum atomic E-state index is -0.668. The number of ether oxygens (including phenoxy) is 2. The molecule has 1 aliphatic heterocycles. The fraction of sp³-hybridized carbons (Fsp3) is 0.682. The van der Waals surface area contributed by atoms with Gasteiger partial charge in [0.2, 0.25) is 0 Å². The van der Waals surface area contributed by atoms with Gasteiger partial charge in [-0.05, 0) is 62.4 Å². The van der Waals surface area contributed by atoms with Gasteiger partial charge >= 0.3 is 0 Å². The molecule has 1 N–H and O–H groups in total. The van der Waals surface area contributed by atoms with E-state index in [9.17, 15) is 4.79 Å². The summed E-state index contributed by atoms with van der Waals surface area (Å²) in [6.07, 6.45) is 7.50. The van der Waals surface area contributed by atoms with Gasteiger partial charge in [0, 0.05) is 25.9 Å². The molecule has 3 rings (SSSR count). The fourth-order valence-electron chi connectivity index (χ4n) is 4.31. The van der Waals surface area contributed by atoms with Gasteiger partial charge in [0.1, 0.15) is 18.0 Å². The Hall–Kier alpha value is -1.59. The molecule has 0 aromatic heterocycles. The summed E-state index contributed by atoms with van der Waals surface area (Å²) >= 11 is 0. The Morgan fingerprint density at radius 1 is 1.19 bits per heavy atom. The Morgan fingerprint density at radius 3 is 2.59 bits per heavy atom. The number of piperidine rings is 1. The van der Waals surface area contributed by atoms with Crippen LogP contribution in [0, 0.1) is 5.92 Å². The highest BCUT2D eigenvalue weighted by Crippen LogP contribution is 2.32. The molecule has 1 saturated heterocycles. The van der Waals surface area contributed by atoms with Crippen molar-refractivity contribution in [2.24, 2.45) is 5.92 Å². The molecule has 2 fully saturated rings. The monoisotopic (exact) mass is 374 g/mol. The van der Waals surface area contributed by atoms with Gasteiger partial charge in [0.05, 0.1) is 0 Å². The molecule has 1 unspecified atom stereocenters. The zero-order valence-corrected chi connectivity index (χ0v) is 16.8. The van der Waals surface area contributed by atoms with E-state index in [2.05, 4.69) is 17.1 Å². The zero-order valence-electron chi connectivity index (χ0n) is 16.8. The summed E-state index contributed by atoms with van der Waals surface area (Å²) < 4.78 is 11.5. The number of nitrogens with zero attached hydrogens (tertiary/aromatic N) is 1. The molecule has 2 aliphatic rings. The maximum absolute atomic E-state index is 12.7. The van der Waals surface area contributed by atoms with Crippen LogP contribution < -0.4 is 10.1 Å². The predicted molar refractivity (Wildman–Crippen MR) is 108 cm³/mol. The minimum absolute atomic E-state index is 0.0300. The summed E-state index contributed by atoms with van der Waals surface area (Å²) in [5.41, 5.74) is 0.123. The summed E-state index contributed by atoms with van der Waals surface area (Å²) in [5, 5.41) is 3.02. The molecule has 1 amide bonds. The lowest BCUT2D eigenvalue weighted by Crippen LogP contribution is -2.46. The summed E-state index contributed by atoms with van der Waals surface area (Å²) in [5.74, 6) is 1.61. The van der Waals surface area contributed by atoms with Gasteiger partial charge in [0.15, 0.2) is 0 Å². The lowest BCUT2D eigenvalue weighted by molar-refractivity contribution is -0.141. The first-order valence-corrected chi connectivity index (χ1v) is 10.4. The number of rotatable bonds is 7. The highest BCUT2D eigenvalue weighted by atomic mass is 16.5. The van der Waals surface area contributed by atoms with E-state index >= 15 is 0 Å². The fourth-order valence-corrected chi connectivity index (χ4v) is 4.31. The van der Waals surface area contributed by atoms with E-state index in [0.717, 1.165) is 49.6 Å². The van der Waals surface area contributed by atoms with E-state index in [-0.39, 0.29) is 5.91 Å². The number of methoxy groups -OCH3 is 1. The van der Waals surface area contributed by atoms with E-state index < -0.39 is 5.60 Å². The number of benzene rings is 1. The second-order valence-corrected chi connectivity index (χ2v) is 8.13. The third kappa shape index (κ3) is 5.45. The minimum Gasteiger partial charge on any atom is -0.492 e. The summed E-state index contributed by atoms with van der Waals surface area (Å²) in [6, 6.07) is 7.66. The topological polar surface area (TPSA) is 50.8 Å². The van der Waals surface area contributed by atoms with Crippen molar-refractivity contribution in [2.75, 3.05) is 38.7 Å². The summed E-state index contributed by atoms with van der Waals surface area (Å²) in [6.45, 7) is 6.35. The molecule has 5 heteroatoms. The van der Waals surface area contributed by atoms with Gasteiger partial charge in [-0.2, -0.15) is 0 Å². The lowest BCUT2D eigenvalue weighted by Gasteiger charge is -2.34. The summed E-state index contributed by atoms with van der Waals surface area (Å²) in [7, 11) is 1.64. The van der Waals surface area contributed by atoms with Gasteiger partial charge < -0.3 is 14.8 Å². The first kappa shape index (κ1) is 20.2. The Kier molecular flexibility index (Phi) is 7.13. The Balaban J connectivity index is 1.46. The third-order valence-corrected chi connectivity index (χ3v) is 6.00. The molecule has 150 valence electrons. The van der Waals surface area contributed by atoms with E-state index in [1.807, 2.05) is 24.3 Å². The highest BCUT2D eigenvalue weighted by Gasteiger charge is 2.39. The van der Waals surface area contributed by atoms with Gasteiger partial charge in [-0.15, -0.1) is 0 Å². The highest BCUT2D eigenvalue weighted by molar-refractivity contribution is 5.97. The van der Waals surface area contributed by atoms with Crippen molar-refractivity contribution in [1.82, 2.24) is 4.90 Å². The number of likely N-dealkylation sites (tertiary alicyclic amines) is 1. The van der Waals surface area contributed by atoms with Crippen LogP contribution in [0.25, 0.3) is 0 Å². The molecule has 0 spiro atoms. The van der Waals surface area contributed by atoms with Gasteiger partial charge in [-0.1, -0.05) is 26.2 Å². The SMILES string of the molecule is COC1(C(=O)Nc2ccc(OCCN3CCCC(C)C3)cc2)CCCCC1. The van der Waals surface area contributed by atoms with Crippen LogP contribution in [-0.4, -0.2) is 49.8 Å². The van der Waals surface area contributed by atoms with Crippen LogP contribution in [0.2, 0.25) is 0 Å². The first-order chi connectivity index (χ1) is 13.1. The van der Waals surface area contributed by atoms with Gasteiger partial charge in [-0.3, -0.25) is 9.69 Å². The quantitative estimate of drug-likeness (QED) is 0.781. The number of carbonyl (C=O) groups excluding carboxylic acids is 1. The maximum atomic E-state index is 12.7.